The number of amides is 1. The highest BCUT2D eigenvalue weighted by Gasteiger charge is 2.39. The van der Waals surface area contributed by atoms with Crippen molar-refractivity contribution in [2.24, 2.45) is 5.92 Å². The standard InChI is InChI=1S/C29H28FN3O5/c1-3-14-16-8-22-25-17(10-33(22)28(36)18(16)11-38-29(14)37)24-20(32-27(35)26(34)13-4-5-13)7-6-15-12(2)19(30)9-21(31-25)23(15)24/h8-9,13-14,20,26,34H,3-7,10-11H2,1-2H3,(H,32,35)/t14-,20+,26-/m1/s1. The van der Waals surface area contributed by atoms with Gasteiger partial charge in [0.05, 0.1) is 41.0 Å². The fourth-order valence-corrected chi connectivity index (χ4v) is 6.60. The molecule has 7 rings (SSSR count). The molecule has 2 aliphatic carbocycles. The summed E-state index contributed by atoms with van der Waals surface area (Å²) >= 11 is 0. The number of ether oxygens (including phenoxy) is 1. The SMILES string of the molecule is CC[C@H]1C(=O)OCc2c1cc1n(c2=O)Cc2c-1nc1cc(F)c(C)c3c1c2[C@@H](NC(=O)[C@H](O)C1CC1)CC3. The van der Waals surface area contributed by atoms with E-state index < -0.39 is 24.0 Å². The van der Waals surface area contributed by atoms with Crippen LogP contribution in [0.25, 0.3) is 22.3 Å². The number of rotatable bonds is 4. The Morgan fingerprint density at radius 2 is 2.03 bits per heavy atom. The first kappa shape index (κ1) is 23.5. The Kier molecular flexibility index (Phi) is 5.08. The highest BCUT2D eigenvalue weighted by Crippen LogP contribution is 2.45. The third-order valence-corrected chi connectivity index (χ3v) is 8.85. The number of nitrogens with one attached hydrogen (secondary N) is 1. The molecule has 0 spiro atoms. The van der Waals surface area contributed by atoms with Crippen molar-refractivity contribution in [3.63, 3.8) is 0 Å². The summed E-state index contributed by atoms with van der Waals surface area (Å²) in [7, 11) is 0. The number of halogens is 1. The van der Waals surface area contributed by atoms with Crippen molar-refractivity contribution in [2.75, 3.05) is 0 Å². The van der Waals surface area contributed by atoms with Gasteiger partial charge in [-0.25, -0.2) is 9.37 Å². The summed E-state index contributed by atoms with van der Waals surface area (Å²) in [4.78, 5) is 43.9. The summed E-state index contributed by atoms with van der Waals surface area (Å²) in [5.41, 5.74) is 5.64. The molecule has 3 atom stereocenters. The highest BCUT2D eigenvalue weighted by molar-refractivity contribution is 5.94. The van der Waals surface area contributed by atoms with Crippen LogP contribution in [-0.4, -0.2) is 32.6 Å². The van der Waals surface area contributed by atoms with Crippen LogP contribution in [0.2, 0.25) is 0 Å². The van der Waals surface area contributed by atoms with E-state index >= 15 is 0 Å². The maximum Gasteiger partial charge on any atom is 0.313 e. The minimum Gasteiger partial charge on any atom is -0.460 e. The summed E-state index contributed by atoms with van der Waals surface area (Å²) in [6.07, 6.45) is 2.24. The molecule has 0 bridgehead atoms. The number of fused-ring (bicyclic) bond motifs is 5. The van der Waals surface area contributed by atoms with E-state index in [1.54, 1.807) is 11.5 Å². The van der Waals surface area contributed by atoms with E-state index in [1.165, 1.54) is 6.07 Å². The predicted octanol–water partition coefficient (Wildman–Crippen LogP) is 3.30. The second-order valence-electron chi connectivity index (χ2n) is 11.0. The molecule has 0 unspecified atom stereocenters. The van der Waals surface area contributed by atoms with Crippen molar-refractivity contribution in [1.82, 2.24) is 14.9 Å². The lowest BCUT2D eigenvalue weighted by Crippen LogP contribution is -2.39. The van der Waals surface area contributed by atoms with Crippen LogP contribution in [0.1, 0.15) is 77.9 Å². The van der Waals surface area contributed by atoms with E-state index in [1.807, 2.05) is 13.0 Å². The Morgan fingerprint density at radius 3 is 2.76 bits per heavy atom. The third kappa shape index (κ3) is 3.24. The molecule has 0 saturated heterocycles. The average Bonchev–Trinajstić information content (AvgIpc) is 3.69. The second kappa shape index (κ2) is 8.20. The van der Waals surface area contributed by atoms with Crippen LogP contribution in [0.3, 0.4) is 0 Å². The summed E-state index contributed by atoms with van der Waals surface area (Å²) in [5, 5.41) is 14.3. The molecule has 9 heteroatoms. The first-order valence-corrected chi connectivity index (χ1v) is 13.3. The third-order valence-electron chi connectivity index (χ3n) is 8.85. The van der Waals surface area contributed by atoms with Crippen LogP contribution in [0.15, 0.2) is 16.9 Å². The maximum absolute atomic E-state index is 15.0. The summed E-state index contributed by atoms with van der Waals surface area (Å²) in [5.74, 6) is -1.61. The van der Waals surface area contributed by atoms with Crippen LogP contribution in [0.4, 0.5) is 4.39 Å². The molecule has 4 aliphatic rings. The molecular weight excluding hydrogens is 489 g/mol. The van der Waals surface area contributed by atoms with Gasteiger partial charge >= 0.3 is 5.97 Å². The Bertz CT molecular complexity index is 1640. The molecular formula is C29H28FN3O5. The van der Waals surface area contributed by atoms with Crippen LogP contribution >= 0.6 is 0 Å². The molecule has 1 amide bonds. The van der Waals surface area contributed by atoms with Gasteiger partial charge in [-0.2, -0.15) is 0 Å². The predicted molar refractivity (Wildman–Crippen MR) is 136 cm³/mol. The second-order valence-corrected chi connectivity index (χ2v) is 11.0. The zero-order chi connectivity index (χ0) is 26.5. The maximum atomic E-state index is 15.0. The van der Waals surface area contributed by atoms with Gasteiger partial charge in [-0.15, -0.1) is 0 Å². The van der Waals surface area contributed by atoms with Crippen LogP contribution in [0.5, 0.6) is 0 Å². The number of carbonyl (C=O) groups is 2. The number of cyclic esters (lactones) is 1. The number of aliphatic hydroxyl groups is 1. The van der Waals surface area contributed by atoms with Crippen LogP contribution in [-0.2, 0) is 33.9 Å². The van der Waals surface area contributed by atoms with Gasteiger partial charge in [0, 0.05) is 17.0 Å². The summed E-state index contributed by atoms with van der Waals surface area (Å²) in [6, 6.07) is 2.88. The number of aromatic nitrogens is 2. The Morgan fingerprint density at radius 1 is 1.24 bits per heavy atom. The summed E-state index contributed by atoms with van der Waals surface area (Å²) in [6.45, 7) is 3.83. The molecule has 4 heterocycles. The zero-order valence-corrected chi connectivity index (χ0v) is 21.3. The largest absolute Gasteiger partial charge is 0.460 e. The number of aryl methyl sites for hydroxylation is 1. The molecule has 196 valence electrons. The number of benzene rings is 1. The van der Waals surface area contributed by atoms with Crippen molar-refractivity contribution in [3.8, 4) is 11.4 Å². The zero-order valence-electron chi connectivity index (χ0n) is 21.3. The molecule has 1 aromatic carbocycles. The number of pyridine rings is 2. The van der Waals surface area contributed by atoms with E-state index in [0.717, 1.165) is 34.9 Å². The van der Waals surface area contributed by atoms with Crippen molar-refractivity contribution in [3.05, 3.63) is 61.7 Å². The monoisotopic (exact) mass is 517 g/mol. The molecule has 1 saturated carbocycles. The molecule has 0 radical (unpaired) electrons. The highest BCUT2D eigenvalue weighted by atomic mass is 19.1. The van der Waals surface area contributed by atoms with Gasteiger partial charge in [0.1, 0.15) is 18.5 Å². The van der Waals surface area contributed by atoms with Crippen molar-refractivity contribution < 1.29 is 23.8 Å². The molecule has 38 heavy (non-hydrogen) atoms. The number of aliphatic hydroxyl groups excluding tert-OH is 1. The van der Waals surface area contributed by atoms with Gasteiger partial charge < -0.3 is 19.7 Å². The number of hydrogen-bond donors (Lipinski definition) is 2. The van der Waals surface area contributed by atoms with Crippen molar-refractivity contribution >= 4 is 22.8 Å². The van der Waals surface area contributed by atoms with E-state index in [2.05, 4.69) is 5.32 Å². The molecule has 2 N–H and O–H groups in total. The first-order chi connectivity index (χ1) is 18.3. The smallest absolute Gasteiger partial charge is 0.313 e. The fourth-order valence-electron chi connectivity index (χ4n) is 6.60. The Labute approximate surface area is 217 Å². The molecule has 8 nitrogen and oxygen atoms in total. The van der Waals surface area contributed by atoms with E-state index in [9.17, 15) is 23.9 Å². The molecule has 2 aliphatic heterocycles. The van der Waals surface area contributed by atoms with E-state index in [0.29, 0.717) is 52.9 Å². The van der Waals surface area contributed by atoms with E-state index in [4.69, 9.17) is 9.72 Å². The number of hydrogen-bond acceptors (Lipinski definition) is 6. The van der Waals surface area contributed by atoms with Gasteiger partial charge in [0.15, 0.2) is 0 Å². The number of esters is 1. The Hall–Kier alpha value is -3.59. The lowest BCUT2D eigenvalue weighted by molar-refractivity contribution is -0.148. The minimum absolute atomic E-state index is 0.00372. The first-order valence-electron chi connectivity index (χ1n) is 13.3. The molecule has 3 aromatic rings. The van der Waals surface area contributed by atoms with Gasteiger partial charge in [0.2, 0.25) is 5.91 Å². The molecule has 1 fully saturated rings. The number of carbonyl (C=O) groups excluding carboxylic acids is 2. The fraction of sp³-hybridized carbons (Fsp3) is 0.448. The summed E-state index contributed by atoms with van der Waals surface area (Å²) < 4.78 is 21.9. The van der Waals surface area contributed by atoms with Gasteiger partial charge in [-0.3, -0.25) is 14.4 Å². The van der Waals surface area contributed by atoms with Gasteiger partial charge in [0.25, 0.3) is 5.56 Å². The van der Waals surface area contributed by atoms with Crippen LogP contribution in [0, 0.1) is 18.7 Å². The minimum atomic E-state index is -1.05. The average molecular weight is 518 g/mol. The molecule has 2 aromatic heterocycles. The lowest BCUT2D eigenvalue weighted by Gasteiger charge is -2.30. The van der Waals surface area contributed by atoms with Crippen molar-refractivity contribution in [1.29, 1.82) is 0 Å². The quantitative estimate of drug-likeness (QED) is 0.402. The van der Waals surface area contributed by atoms with E-state index in [-0.39, 0.29) is 36.4 Å². The van der Waals surface area contributed by atoms with Crippen LogP contribution < -0.4 is 10.9 Å². The Balaban J connectivity index is 1.45. The lowest BCUT2D eigenvalue weighted by atomic mass is 9.81. The normalized spacial score (nSPS) is 21.9. The topological polar surface area (TPSA) is 111 Å². The van der Waals surface area contributed by atoms with Gasteiger partial charge in [-0.1, -0.05) is 6.92 Å². The van der Waals surface area contributed by atoms with Gasteiger partial charge in [-0.05, 0) is 73.3 Å². The van der Waals surface area contributed by atoms with Crippen molar-refractivity contribution in [2.45, 2.75) is 77.2 Å². The number of nitrogens with zero attached hydrogens (tertiary/aromatic N) is 2.